The lowest BCUT2D eigenvalue weighted by molar-refractivity contribution is -0.0156. The largest absolute Gasteiger partial charge is 0.378 e. The van der Waals surface area contributed by atoms with Gasteiger partial charge in [0.15, 0.2) is 0 Å². The van der Waals surface area contributed by atoms with Crippen molar-refractivity contribution in [3.05, 3.63) is 71.9 Å². The Morgan fingerprint density at radius 1 is 1.19 bits per heavy atom. The summed E-state index contributed by atoms with van der Waals surface area (Å²) in [6.07, 6.45) is 5.12. The van der Waals surface area contributed by atoms with Crippen LogP contribution in [0.3, 0.4) is 0 Å². The summed E-state index contributed by atoms with van der Waals surface area (Å²) in [6, 6.07) is 7.41. The summed E-state index contributed by atoms with van der Waals surface area (Å²) in [5, 5.41) is 0. The molecule has 0 radical (unpaired) electrons. The van der Waals surface area contributed by atoms with Crippen LogP contribution >= 0.6 is 0 Å². The Morgan fingerprint density at radius 3 is 2.85 bits per heavy atom. The number of halogens is 2. The SMILES string of the molecule is Fc1ccc(-c2cnc([C@@H]3COCCN3Cc3ccncc3)[nH]2)c(F)c1. The Hall–Kier alpha value is -2.64. The van der Waals surface area contributed by atoms with Crippen molar-refractivity contribution in [1.29, 1.82) is 0 Å². The Bertz CT molecular complexity index is 884. The maximum absolute atomic E-state index is 14.0. The zero-order chi connectivity index (χ0) is 17.9. The predicted octanol–water partition coefficient (Wildman–Crippen LogP) is 3.32. The maximum Gasteiger partial charge on any atom is 0.135 e. The number of ether oxygens (including phenoxy) is 1. The standard InChI is InChI=1S/C19H18F2N4O/c20-14-1-2-15(16(21)9-14)17-10-23-19(24-17)18-12-26-8-7-25(18)11-13-3-5-22-6-4-13/h1-6,9-10,18H,7-8,11-12H2,(H,23,24)/t18-/m0/s1. The molecule has 1 N–H and O–H groups in total. The van der Waals surface area contributed by atoms with Crippen LogP contribution in [0.5, 0.6) is 0 Å². The molecule has 1 aliphatic rings. The maximum atomic E-state index is 14.0. The van der Waals surface area contributed by atoms with E-state index in [1.807, 2.05) is 12.1 Å². The first kappa shape index (κ1) is 16.8. The van der Waals surface area contributed by atoms with Crippen LogP contribution in [0.15, 0.2) is 48.9 Å². The van der Waals surface area contributed by atoms with Gasteiger partial charge < -0.3 is 9.72 Å². The van der Waals surface area contributed by atoms with Crippen LogP contribution in [-0.2, 0) is 11.3 Å². The van der Waals surface area contributed by atoms with Crippen molar-refractivity contribution >= 4 is 0 Å². The minimum atomic E-state index is -0.617. The van der Waals surface area contributed by atoms with Crippen LogP contribution in [0, 0.1) is 11.6 Å². The molecule has 0 bridgehead atoms. The molecule has 3 heterocycles. The van der Waals surface area contributed by atoms with Gasteiger partial charge in [-0.1, -0.05) is 0 Å². The topological polar surface area (TPSA) is 54.0 Å². The Kier molecular flexibility index (Phi) is 4.73. The quantitative estimate of drug-likeness (QED) is 0.779. The number of aromatic nitrogens is 3. The molecule has 7 heteroatoms. The van der Waals surface area contributed by atoms with Crippen LogP contribution < -0.4 is 0 Å². The summed E-state index contributed by atoms with van der Waals surface area (Å²) >= 11 is 0. The van der Waals surface area contributed by atoms with E-state index in [0.29, 0.717) is 30.3 Å². The van der Waals surface area contributed by atoms with Crippen molar-refractivity contribution in [2.75, 3.05) is 19.8 Å². The fourth-order valence-corrected chi connectivity index (χ4v) is 3.15. The van der Waals surface area contributed by atoms with Crippen molar-refractivity contribution in [2.45, 2.75) is 12.6 Å². The molecule has 1 atom stereocenters. The summed E-state index contributed by atoms with van der Waals surface area (Å²) in [6.45, 7) is 2.68. The highest BCUT2D eigenvalue weighted by atomic mass is 19.1. The number of nitrogens with one attached hydrogen (secondary N) is 1. The lowest BCUT2D eigenvalue weighted by Crippen LogP contribution is -2.39. The Labute approximate surface area is 149 Å². The van der Waals surface area contributed by atoms with E-state index in [2.05, 4.69) is 19.9 Å². The predicted molar refractivity (Wildman–Crippen MR) is 92.1 cm³/mol. The second-order valence-electron chi connectivity index (χ2n) is 6.22. The lowest BCUT2D eigenvalue weighted by atomic mass is 10.1. The first-order valence-corrected chi connectivity index (χ1v) is 8.42. The van der Waals surface area contributed by atoms with E-state index in [-0.39, 0.29) is 6.04 Å². The van der Waals surface area contributed by atoms with Gasteiger partial charge in [-0.2, -0.15) is 0 Å². The van der Waals surface area contributed by atoms with E-state index in [1.165, 1.54) is 12.1 Å². The van der Waals surface area contributed by atoms with Crippen molar-refractivity contribution in [3.8, 4) is 11.3 Å². The van der Waals surface area contributed by atoms with Crippen LogP contribution in [0.1, 0.15) is 17.4 Å². The molecular weight excluding hydrogens is 338 g/mol. The summed E-state index contributed by atoms with van der Waals surface area (Å²) in [5.74, 6) is -0.513. The molecule has 4 rings (SSSR count). The fraction of sp³-hybridized carbons (Fsp3) is 0.263. The van der Waals surface area contributed by atoms with Crippen LogP contribution in [-0.4, -0.2) is 39.6 Å². The van der Waals surface area contributed by atoms with Crippen LogP contribution in [0.25, 0.3) is 11.3 Å². The first-order valence-electron chi connectivity index (χ1n) is 8.42. The van der Waals surface area contributed by atoms with Gasteiger partial charge in [0.1, 0.15) is 17.5 Å². The van der Waals surface area contributed by atoms with Gasteiger partial charge in [-0.25, -0.2) is 13.8 Å². The molecule has 0 amide bonds. The molecule has 2 aromatic heterocycles. The number of morpholine rings is 1. The number of aromatic amines is 1. The van der Waals surface area contributed by atoms with E-state index >= 15 is 0 Å². The molecule has 1 aromatic carbocycles. The highest BCUT2D eigenvalue weighted by molar-refractivity contribution is 5.59. The van der Waals surface area contributed by atoms with E-state index < -0.39 is 11.6 Å². The average molecular weight is 356 g/mol. The number of imidazole rings is 1. The Morgan fingerprint density at radius 2 is 2.04 bits per heavy atom. The zero-order valence-electron chi connectivity index (χ0n) is 14.0. The molecule has 0 unspecified atom stereocenters. The average Bonchev–Trinajstić information content (AvgIpc) is 3.13. The number of rotatable bonds is 4. The molecule has 0 spiro atoms. The molecule has 1 aliphatic heterocycles. The number of benzene rings is 1. The minimum Gasteiger partial charge on any atom is -0.378 e. The molecule has 134 valence electrons. The van der Waals surface area contributed by atoms with Gasteiger partial charge in [-0.05, 0) is 29.8 Å². The number of hydrogen-bond donors (Lipinski definition) is 1. The second-order valence-corrected chi connectivity index (χ2v) is 6.22. The summed E-state index contributed by atoms with van der Waals surface area (Å²) < 4.78 is 32.8. The van der Waals surface area contributed by atoms with Gasteiger partial charge in [-0.3, -0.25) is 9.88 Å². The summed E-state index contributed by atoms with van der Waals surface area (Å²) in [7, 11) is 0. The zero-order valence-corrected chi connectivity index (χ0v) is 14.0. The van der Waals surface area contributed by atoms with Gasteiger partial charge in [-0.15, -0.1) is 0 Å². The van der Waals surface area contributed by atoms with E-state index in [4.69, 9.17) is 4.74 Å². The molecule has 1 saturated heterocycles. The highest BCUT2D eigenvalue weighted by Gasteiger charge is 2.27. The van der Waals surface area contributed by atoms with Gasteiger partial charge in [0.05, 0.1) is 31.1 Å². The molecule has 0 aliphatic carbocycles. The number of H-pyrrole nitrogens is 1. The summed E-state index contributed by atoms with van der Waals surface area (Å²) in [4.78, 5) is 13.9. The third-order valence-electron chi connectivity index (χ3n) is 4.51. The highest BCUT2D eigenvalue weighted by Crippen LogP contribution is 2.27. The molecular formula is C19H18F2N4O. The number of nitrogens with zero attached hydrogens (tertiary/aromatic N) is 3. The number of hydrogen-bond acceptors (Lipinski definition) is 4. The van der Waals surface area contributed by atoms with Crippen LogP contribution in [0.2, 0.25) is 0 Å². The molecule has 0 saturated carbocycles. The Balaban J connectivity index is 1.58. The molecule has 1 fully saturated rings. The van der Waals surface area contributed by atoms with Gasteiger partial charge >= 0.3 is 0 Å². The molecule has 26 heavy (non-hydrogen) atoms. The van der Waals surface area contributed by atoms with Crippen LogP contribution in [0.4, 0.5) is 8.78 Å². The molecule has 3 aromatic rings. The lowest BCUT2D eigenvalue weighted by Gasteiger charge is -2.34. The third-order valence-corrected chi connectivity index (χ3v) is 4.51. The van der Waals surface area contributed by atoms with Gasteiger partial charge in [0, 0.05) is 37.1 Å². The van der Waals surface area contributed by atoms with Gasteiger partial charge in [0.2, 0.25) is 0 Å². The second kappa shape index (κ2) is 7.31. The van der Waals surface area contributed by atoms with E-state index in [9.17, 15) is 8.78 Å². The summed E-state index contributed by atoms with van der Waals surface area (Å²) in [5.41, 5.74) is 1.97. The number of pyridine rings is 1. The van der Waals surface area contributed by atoms with Gasteiger partial charge in [0.25, 0.3) is 0 Å². The van der Waals surface area contributed by atoms with Crippen molar-refractivity contribution in [2.24, 2.45) is 0 Å². The normalized spacial score (nSPS) is 18.2. The third kappa shape index (κ3) is 3.49. The van der Waals surface area contributed by atoms with Crippen molar-refractivity contribution in [1.82, 2.24) is 19.9 Å². The van der Waals surface area contributed by atoms with E-state index in [0.717, 1.165) is 24.7 Å². The van der Waals surface area contributed by atoms with E-state index in [1.54, 1.807) is 18.6 Å². The minimum absolute atomic E-state index is 0.0609. The van der Waals surface area contributed by atoms with Crippen molar-refractivity contribution < 1.29 is 13.5 Å². The monoisotopic (exact) mass is 356 g/mol. The molecule has 5 nitrogen and oxygen atoms in total. The van der Waals surface area contributed by atoms with Crippen molar-refractivity contribution in [3.63, 3.8) is 0 Å². The smallest absolute Gasteiger partial charge is 0.135 e. The fourth-order valence-electron chi connectivity index (χ4n) is 3.15. The first-order chi connectivity index (χ1) is 12.7.